The van der Waals surface area contributed by atoms with Crippen LogP contribution in [0.25, 0.3) is 0 Å². The van der Waals surface area contributed by atoms with Crippen LogP contribution in [0, 0.1) is 29.1 Å². The van der Waals surface area contributed by atoms with E-state index in [1.165, 1.54) is 25.7 Å². The summed E-state index contributed by atoms with van der Waals surface area (Å²) >= 11 is 0. The van der Waals surface area contributed by atoms with Crippen molar-refractivity contribution in [1.82, 2.24) is 0 Å². The van der Waals surface area contributed by atoms with E-state index in [4.69, 9.17) is 0 Å². The van der Waals surface area contributed by atoms with E-state index in [0.717, 1.165) is 36.3 Å². The van der Waals surface area contributed by atoms with Gasteiger partial charge in [-0.25, -0.2) is 0 Å². The van der Waals surface area contributed by atoms with Gasteiger partial charge in [-0.3, -0.25) is 0 Å². The second-order valence-electron chi connectivity index (χ2n) is 11.0. The van der Waals surface area contributed by atoms with Gasteiger partial charge in [0.05, 0.1) is 18.3 Å². The Hall–Kier alpha value is -0.900. The molecule has 0 spiro atoms. The Morgan fingerprint density at radius 2 is 1.87 bits per heavy atom. The summed E-state index contributed by atoms with van der Waals surface area (Å²) in [4.78, 5) is 0. The van der Waals surface area contributed by atoms with E-state index in [2.05, 4.69) is 46.4 Å². The van der Waals surface area contributed by atoms with Gasteiger partial charge in [-0.05, 0) is 91.6 Å². The Morgan fingerprint density at radius 1 is 1.13 bits per heavy atom. The minimum atomic E-state index is -0.618. The number of aliphatic hydroxyl groups excluding tert-OH is 3. The van der Waals surface area contributed by atoms with Crippen LogP contribution in [0.1, 0.15) is 85.5 Å². The number of aliphatic hydroxyl groups is 3. The molecule has 3 fully saturated rings. The maximum absolute atomic E-state index is 10.3. The van der Waals surface area contributed by atoms with Crippen molar-refractivity contribution in [2.75, 3.05) is 0 Å². The number of hydrogen-bond acceptors (Lipinski definition) is 3. The van der Waals surface area contributed by atoms with Crippen LogP contribution >= 0.6 is 0 Å². The third-order valence-electron chi connectivity index (χ3n) is 8.68. The van der Waals surface area contributed by atoms with Gasteiger partial charge in [0.2, 0.25) is 0 Å². The molecule has 0 amide bonds. The van der Waals surface area contributed by atoms with Gasteiger partial charge in [0.25, 0.3) is 0 Å². The van der Waals surface area contributed by atoms with Crippen molar-refractivity contribution in [2.45, 2.75) is 104 Å². The zero-order valence-electron chi connectivity index (χ0n) is 19.6. The second kappa shape index (κ2) is 9.71. The maximum Gasteiger partial charge on any atom is 0.0811 e. The molecule has 3 heteroatoms. The first-order valence-corrected chi connectivity index (χ1v) is 12.3. The molecule has 30 heavy (non-hydrogen) atoms. The van der Waals surface area contributed by atoms with Crippen LogP contribution in [0.5, 0.6) is 0 Å². The van der Waals surface area contributed by atoms with Crippen molar-refractivity contribution in [2.24, 2.45) is 29.1 Å². The average molecular weight is 417 g/mol. The van der Waals surface area contributed by atoms with Crippen molar-refractivity contribution >= 4 is 0 Å². The number of fused-ring (bicyclic) bond motifs is 1. The van der Waals surface area contributed by atoms with Gasteiger partial charge >= 0.3 is 0 Å². The normalized spacial score (nSPS) is 39.5. The molecule has 3 rings (SSSR count). The van der Waals surface area contributed by atoms with Gasteiger partial charge in [0, 0.05) is 6.42 Å². The molecule has 3 nitrogen and oxygen atoms in total. The minimum absolute atomic E-state index is 0.180. The molecule has 0 heterocycles. The summed E-state index contributed by atoms with van der Waals surface area (Å²) in [6.45, 7) is 13.2. The van der Waals surface area contributed by atoms with E-state index in [1.54, 1.807) is 5.57 Å². The third kappa shape index (κ3) is 4.95. The number of allylic oxidation sites excluding steroid dienone is 3. The fourth-order valence-corrected chi connectivity index (χ4v) is 6.65. The molecule has 1 unspecified atom stereocenters. The van der Waals surface area contributed by atoms with Crippen molar-refractivity contribution in [3.8, 4) is 0 Å². The summed E-state index contributed by atoms with van der Waals surface area (Å²) in [5.74, 6) is 2.35. The highest BCUT2D eigenvalue weighted by Crippen LogP contribution is 2.60. The Kier molecular flexibility index (Phi) is 7.69. The molecule has 0 aromatic carbocycles. The lowest BCUT2D eigenvalue weighted by atomic mass is 9.60. The van der Waals surface area contributed by atoms with Crippen molar-refractivity contribution in [3.05, 3.63) is 35.5 Å². The molecule has 7 atom stereocenters. The van der Waals surface area contributed by atoms with Gasteiger partial charge in [-0.2, -0.15) is 0 Å². The first-order chi connectivity index (χ1) is 14.1. The first-order valence-electron chi connectivity index (χ1n) is 12.3. The maximum atomic E-state index is 10.3. The second-order valence-corrected chi connectivity index (χ2v) is 11.0. The van der Waals surface area contributed by atoms with Crippen molar-refractivity contribution in [1.29, 1.82) is 0 Å². The molecule has 0 aromatic rings. The molecule has 3 N–H and O–H groups in total. The predicted octanol–water partition coefficient (Wildman–Crippen LogP) is 5.56. The van der Waals surface area contributed by atoms with Crippen LogP contribution in [0.2, 0.25) is 0 Å². The molecule has 3 aliphatic rings. The van der Waals surface area contributed by atoms with E-state index < -0.39 is 12.2 Å². The summed E-state index contributed by atoms with van der Waals surface area (Å²) in [6, 6.07) is 0. The van der Waals surface area contributed by atoms with Gasteiger partial charge in [0.1, 0.15) is 0 Å². The van der Waals surface area contributed by atoms with Crippen LogP contribution in [-0.4, -0.2) is 33.6 Å². The van der Waals surface area contributed by atoms with Crippen LogP contribution in [0.15, 0.2) is 35.5 Å². The Bertz CT molecular complexity index is 676. The van der Waals surface area contributed by atoms with Gasteiger partial charge in [-0.15, -0.1) is 0 Å². The average Bonchev–Trinajstić information content (AvgIpc) is 3.04. The Labute approximate surface area is 184 Å². The topological polar surface area (TPSA) is 60.7 Å². The van der Waals surface area contributed by atoms with Crippen LogP contribution < -0.4 is 0 Å². The highest BCUT2D eigenvalue weighted by atomic mass is 16.3. The summed E-state index contributed by atoms with van der Waals surface area (Å²) in [5, 5.41) is 30.4. The van der Waals surface area contributed by atoms with Gasteiger partial charge in [-0.1, -0.05) is 52.0 Å². The van der Waals surface area contributed by atoms with Gasteiger partial charge in [0.15, 0.2) is 0 Å². The van der Waals surface area contributed by atoms with E-state index in [0.29, 0.717) is 36.0 Å². The third-order valence-corrected chi connectivity index (χ3v) is 8.68. The van der Waals surface area contributed by atoms with E-state index >= 15 is 0 Å². The fraction of sp³-hybridized carbons (Fsp3) is 0.778. The highest BCUT2D eigenvalue weighted by Gasteiger charge is 2.50. The smallest absolute Gasteiger partial charge is 0.0811 e. The molecule has 0 saturated heterocycles. The largest absolute Gasteiger partial charge is 0.393 e. The molecular formula is C27H44O3. The zero-order chi connectivity index (χ0) is 22.1. The summed E-state index contributed by atoms with van der Waals surface area (Å²) in [7, 11) is 0. The molecule has 0 aliphatic heterocycles. The fourth-order valence-electron chi connectivity index (χ4n) is 6.65. The lowest BCUT2D eigenvalue weighted by Crippen LogP contribution is -2.36. The first kappa shape index (κ1) is 23.8. The number of rotatable bonds is 6. The van der Waals surface area contributed by atoms with E-state index in [9.17, 15) is 15.3 Å². The van der Waals surface area contributed by atoms with Crippen molar-refractivity contribution < 1.29 is 15.3 Å². The summed E-state index contributed by atoms with van der Waals surface area (Å²) in [5.41, 5.74) is 3.69. The van der Waals surface area contributed by atoms with Gasteiger partial charge < -0.3 is 15.3 Å². The van der Waals surface area contributed by atoms with Crippen molar-refractivity contribution in [3.63, 3.8) is 0 Å². The molecular weight excluding hydrogens is 372 g/mol. The Balaban J connectivity index is 1.72. The monoisotopic (exact) mass is 416 g/mol. The van der Waals surface area contributed by atoms with E-state index in [1.807, 2.05) is 0 Å². The van der Waals surface area contributed by atoms with Crippen LogP contribution in [0.3, 0.4) is 0 Å². The quantitative estimate of drug-likeness (QED) is 0.531. The summed E-state index contributed by atoms with van der Waals surface area (Å²) in [6.07, 6.45) is 12.4. The molecule has 0 bridgehead atoms. The van der Waals surface area contributed by atoms with Crippen LogP contribution in [0.4, 0.5) is 0 Å². The molecule has 0 aromatic heterocycles. The van der Waals surface area contributed by atoms with Crippen LogP contribution in [-0.2, 0) is 0 Å². The minimum Gasteiger partial charge on any atom is -0.393 e. The predicted molar refractivity (Wildman–Crippen MR) is 124 cm³/mol. The lowest BCUT2D eigenvalue weighted by Gasteiger charge is -2.44. The molecule has 170 valence electrons. The SMILES string of the molecule is C=C1/C(=C\C=C2/CCCC3(C)[C@@H]([C@H](C)CC[C@@H](O)C(C)C)CC[C@@H]23)C[C@@H](O)C[C@@H]1O. The lowest BCUT2D eigenvalue weighted by molar-refractivity contribution is 0.0717. The molecule has 0 radical (unpaired) electrons. The highest BCUT2D eigenvalue weighted by molar-refractivity contribution is 5.38. The standard InChI is InChI=1S/C27H44O3/c1-17(2)25(29)13-8-18(3)23-11-12-24-20(7-6-14-27(23,24)5)9-10-21-15-22(28)16-26(30)19(21)4/h9-10,17-18,22-26,28-30H,4,6-8,11-16H2,1-3,5H3/b20-9+,21-10-/t18-,22-,23-,24+,25-,26+,27?/m1/s1. The molecule has 3 aliphatic carbocycles. The number of hydrogen-bond donors (Lipinski definition) is 3. The molecule has 3 saturated carbocycles. The van der Waals surface area contributed by atoms with E-state index in [-0.39, 0.29) is 6.10 Å². The summed E-state index contributed by atoms with van der Waals surface area (Å²) < 4.78 is 0. The Morgan fingerprint density at radius 3 is 2.57 bits per heavy atom. The zero-order valence-corrected chi connectivity index (χ0v) is 19.6.